The fourth-order valence-electron chi connectivity index (χ4n) is 1.78. The van der Waals surface area contributed by atoms with Gasteiger partial charge in [-0.3, -0.25) is 4.79 Å². The maximum atomic E-state index is 11.4. The zero-order chi connectivity index (χ0) is 13.0. The zero-order valence-corrected chi connectivity index (χ0v) is 10.8. The van der Waals surface area contributed by atoms with Gasteiger partial charge in [-0.25, -0.2) is 0 Å². The zero-order valence-electron chi connectivity index (χ0n) is 10.1. The van der Waals surface area contributed by atoms with Gasteiger partial charge in [-0.15, -0.1) is 0 Å². The summed E-state index contributed by atoms with van der Waals surface area (Å²) in [5, 5.41) is 0.689. The SMILES string of the molecule is CC(=O)C=C(c1ccccc1)c1ccc(Cl)cc1. The quantitative estimate of drug-likeness (QED) is 0.746. The second-order valence-corrected chi connectivity index (χ2v) is 4.48. The van der Waals surface area contributed by atoms with Crippen LogP contribution in [-0.2, 0) is 4.79 Å². The Morgan fingerprint density at radius 1 is 0.944 bits per heavy atom. The highest BCUT2D eigenvalue weighted by Crippen LogP contribution is 2.24. The molecule has 0 saturated carbocycles. The van der Waals surface area contributed by atoms with Gasteiger partial charge >= 0.3 is 0 Å². The van der Waals surface area contributed by atoms with Crippen molar-refractivity contribution in [1.29, 1.82) is 0 Å². The lowest BCUT2D eigenvalue weighted by atomic mass is 9.97. The topological polar surface area (TPSA) is 17.1 Å². The second kappa shape index (κ2) is 5.65. The van der Waals surface area contributed by atoms with Crippen LogP contribution in [0.2, 0.25) is 5.02 Å². The highest BCUT2D eigenvalue weighted by Gasteiger charge is 2.05. The van der Waals surface area contributed by atoms with Crippen molar-refractivity contribution in [2.45, 2.75) is 6.92 Å². The molecule has 0 atom stereocenters. The summed E-state index contributed by atoms with van der Waals surface area (Å²) in [4.78, 5) is 11.4. The Kier molecular flexibility index (Phi) is 3.96. The third-order valence-electron chi connectivity index (χ3n) is 2.59. The Morgan fingerprint density at radius 2 is 1.50 bits per heavy atom. The van der Waals surface area contributed by atoms with E-state index in [1.165, 1.54) is 0 Å². The van der Waals surface area contributed by atoms with Crippen molar-refractivity contribution in [2.75, 3.05) is 0 Å². The molecule has 0 N–H and O–H groups in total. The van der Waals surface area contributed by atoms with Crippen molar-refractivity contribution in [3.8, 4) is 0 Å². The minimum Gasteiger partial charge on any atom is -0.295 e. The number of allylic oxidation sites excluding steroid dienone is 1. The molecule has 0 aromatic heterocycles. The van der Waals surface area contributed by atoms with Gasteiger partial charge in [0.1, 0.15) is 0 Å². The standard InChI is InChI=1S/C16H13ClO/c1-12(18)11-16(13-5-3-2-4-6-13)14-7-9-15(17)10-8-14/h2-11H,1H3. The van der Waals surface area contributed by atoms with Gasteiger partial charge in [0.15, 0.2) is 5.78 Å². The van der Waals surface area contributed by atoms with Crippen LogP contribution in [0.15, 0.2) is 60.7 Å². The van der Waals surface area contributed by atoms with Gasteiger partial charge in [0.05, 0.1) is 0 Å². The maximum absolute atomic E-state index is 11.4. The molecule has 0 saturated heterocycles. The summed E-state index contributed by atoms with van der Waals surface area (Å²) >= 11 is 5.88. The molecule has 0 heterocycles. The number of ketones is 1. The molecule has 90 valence electrons. The number of hydrogen-bond donors (Lipinski definition) is 0. The Morgan fingerprint density at radius 3 is 2.06 bits per heavy atom. The lowest BCUT2D eigenvalue weighted by molar-refractivity contribution is -0.112. The molecule has 0 radical (unpaired) electrons. The fourth-order valence-corrected chi connectivity index (χ4v) is 1.91. The van der Waals surface area contributed by atoms with Crippen molar-refractivity contribution in [1.82, 2.24) is 0 Å². The molecule has 0 amide bonds. The summed E-state index contributed by atoms with van der Waals surface area (Å²) in [5.41, 5.74) is 2.93. The molecule has 0 fully saturated rings. The normalized spacial score (nSPS) is 11.3. The molecule has 18 heavy (non-hydrogen) atoms. The second-order valence-electron chi connectivity index (χ2n) is 4.04. The predicted molar refractivity (Wildman–Crippen MR) is 75.7 cm³/mol. The summed E-state index contributed by atoms with van der Waals surface area (Å²) in [5.74, 6) is 0.0313. The van der Waals surface area contributed by atoms with E-state index < -0.39 is 0 Å². The van der Waals surface area contributed by atoms with E-state index >= 15 is 0 Å². The highest BCUT2D eigenvalue weighted by atomic mass is 35.5. The van der Waals surface area contributed by atoms with Crippen molar-refractivity contribution in [2.24, 2.45) is 0 Å². The Balaban J connectivity index is 2.51. The summed E-state index contributed by atoms with van der Waals surface area (Å²) in [6.45, 7) is 1.55. The largest absolute Gasteiger partial charge is 0.295 e. The molecule has 2 aromatic carbocycles. The molecule has 2 aromatic rings. The molecule has 0 aliphatic rings. The third kappa shape index (κ3) is 3.08. The van der Waals surface area contributed by atoms with E-state index in [4.69, 9.17) is 11.6 Å². The van der Waals surface area contributed by atoms with E-state index in [1.807, 2.05) is 54.6 Å². The van der Waals surface area contributed by atoms with E-state index in [1.54, 1.807) is 13.0 Å². The molecular formula is C16H13ClO. The van der Waals surface area contributed by atoms with Crippen LogP contribution < -0.4 is 0 Å². The van der Waals surface area contributed by atoms with Crippen LogP contribution in [0.25, 0.3) is 5.57 Å². The first kappa shape index (κ1) is 12.6. The average Bonchev–Trinajstić information content (AvgIpc) is 2.38. The van der Waals surface area contributed by atoms with E-state index in [2.05, 4.69) is 0 Å². The Hall–Kier alpha value is -1.86. The molecule has 1 nitrogen and oxygen atoms in total. The van der Waals surface area contributed by atoms with E-state index in [0.29, 0.717) is 5.02 Å². The minimum absolute atomic E-state index is 0.0313. The van der Waals surface area contributed by atoms with E-state index in [-0.39, 0.29) is 5.78 Å². The molecule has 0 spiro atoms. The van der Waals surface area contributed by atoms with E-state index in [9.17, 15) is 4.79 Å². The lowest BCUT2D eigenvalue weighted by Crippen LogP contribution is -1.92. The van der Waals surface area contributed by atoms with Crippen LogP contribution in [0.4, 0.5) is 0 Å². The van der Waals surface area contributed by atoms with Gasteiger partial charge in [0, 0.05) is 5.02 Å². The monoisotopic (exact) mass is 256 g/mol. The van der Waals surface area contributed by atoms with Gasteiger partial charge in [-0.2, -0.15) is 0 Å². The van der Waals surface area contributed by atoms with Crippen LogP contribution in [0.5, 0.6) is 0 Å². The summed E-state index contributed by atoms with van der Waals surface area (Å²) in [6.07, 6.45) is 1.65. The van der Waals surface area contributed by atoms with Gasteiger partial charge in [-0.05, 0) is 41.8 Å². The van der Waals surface area contributed by atoms with Crippen LogP contribution >= 0.6 is 11.6 Å². The first-order valence-corrected chi connectivity index (χ1v) is 6.08. The Bertz CT molecular complexity index is 568. The van der Waals surface area contributed by atoms with Gasteiger partial charge < -0.3 is 0 Å². The first-order chi connectivity index (χ1) is 8.66. The van der Waals surface area contributed by atoms with Crippen molar-refractivity contribution >= 4 is 23.0 Å². The van der Waals surface area contributed by atoms with Crippen LogP contribution in [-0.4, -0.2) is 5.78 Å². The number of benzene rings is 2. The van der Waals surface area contributed by atoms with Crippen LogP contribution in [0.1, 0.15) is 18.1 Å². The fraction of sp³-hybridized carbons (Fsp3) is 0.0625. The van der Waals surface area contributed by atoms with Crippen LogP contribution in [0, 0.1) is 0 Å². The smallest absolute Gasteiger partial charge is 0.153 e. The minimum atomic E-state index is 0.0313. The predicted octanol–water partition coefficient (Wildman–Crippen LogP) is 4.36. The summed E-state index contributed by atoms with van der Waals surface area (Å²) in [7, 11) is 0. The molecule has 0 aliphatic heterocycles. The number of rotatable bonds is 3. The summed E-state index contributed by atoms with van der Waals surface area (Å²) in [6, 6.07) is 17.3. The molecule has 0 unspecified atom stereocenters. The molecule has 2 rings (SSSR count). The van der Waals surface area contributed by atoms with Crippen molar-refractivity contribution < 1.29 is 4.79 Å². The van der Waals surface area contributed by atoms with Crippen molar-refractivity contribution in [3.63, 3.8) is 0 Å². The molecule has 0 aliphatic carbocycles. The summed E-state index contributed by atoms with van der Waals surface area (Å²) < 4.78 is 0. The number of hydrogen-bond acceptors (Lipinski definition) is 1. The molecule has 0 bridgehead atoms. The van der Waals surface area contributed by atoms with Crippen LogP contribution in [0.3, 0.4) is 0 Å². The molecule has 2 heteroatoms. The average molecular weight is 257 g/mol. The highest BCUT2D eigenvalue weighted by molar-refractivity contribution is 6.30. The number of carbonyl (C=O) groups is 1. The number of carbonyl (C=O) groups excluding carboxylic acids is 1. The van der Waals surface area contributed by atoms with Gasteiger partial charge in [-0.1, -0.05) is 54.1 Å². The maximum Gasteiger partial charge on any atom is 0.153 e. The number of halogens is 1. The van der Waals surface area contributed by atoms with Gasteiger partial charge in [0.2, 0.25) is 0 Å². The van der Waals surface area contributed by atoms with Crippen molar-refractivity contribution in [3.05, 3.63) is 76.8 Å². The van der Waals surface area contributed by atoms with Gasteiger partial charge in [0.25, 0.3) is 0 Å². The van der Waals surface area contributed by atoms with E-state index in [0.717, 1.165) is 16.7 Å². The first-order valence-electron chi connectivity index (χ1n) is 5.70. The Labute approximate surface area is 112 Å². The lowest BCUT2D eigenvalue weighted by Gasteiger charge is -2.08. The third-order valence-corrected chi connectivity index (χ3v) is 2.84. The molecular weight excluding hydrogens is 244 g/mol.